The van der Waals surface area contributed by atoms with Crippen LogP contribution in [0.1, 0.15) is 46.0 Å². The molecule has 25 heavy (non-hydrogen) atoms. The van der Waals surface area contributed by atoms with E-state index >= 15 is 0 Å². The van der Waals surface area contributed by atoms with E-state index < -0.39 is 0 Å². The molecule has 138 valence electrons. The summed E-state index contributed by atoms with van der Waals surface area (Å²) in [4.78, 5) is 18.4. The summed E-state index contributed by atoms with van der Waals surface area (Å²) >= 11 is 0. The van der Waals surface area contributed by atoms with E-state index in [0.717, 1.165) is 51.1 Å². The van der Waals surface area contributed by atoms with Crippen molar-refractivity contribution in [1.82, 2.24) is 9.88 Å². The minimum absolute atomic E-state index is 0.0487. The maximum absolute atomic E-state index is 12.3. The highest BCUT2D eigenvalue weighted by Crippen LogP contribution is 2.42. The van der Waals surface area contributed by atoms with Crippen molar-refractivity contribution in [2.24, 2.45) is 11.8 Å². The Hall–Kier alpha value is -1.62. The molecular weight excluding hydrogens is 316 g/mol. The first kappa shape index (κ1) is 18.2. The molecule has 0 unspecified atom stereocenters. The highest BCUT2D eigenvalue weighted by atomic mass is 16.5. The summed E-state index contributed by atoms with van der Waals surface area (Å²) in [5, 5.41) is 0. The van der Waals surface area contributed by atoms with Crippen LogP contribution < -0.4 is 4.74 Å². The molecule has 3 heterocycles. The van der Waals surface area contributed by atoms with Gasteiger partial charge in [-0.2, -0.15) is 0 Å². The number of ether oxygens (including phenoxy) is 2. The first-order chi connectivity index (χ1) is 12.1. The van der Waals surface area contributed by atoms with E-state index in [1.54, 1.807) is 12.4 Å². The van der Waals surface area contributed by atoms with Gasteiger partial charge in [-0.3, -0.25) is 9.78 Å². The van der Waals surface area contributed by atoms with Crippen LogP contribution in [0.25, 0.3) is 0 Å². The Morgan fingerprint density at radius 1 is 1.44 bits per heavy atom. The Bertz CT molecular complexity index is 553. The molecule has 0 saturated carbocycles. The molecule has 1 spiro atoms. The van der Waals surface area contributed by atoms with Crippen molar-refractivity contribution in [1.29, 1.82) is 0 Å². The topological polar surface area (TPSA) is 51.7 Å². The average molecular weight is 346 g/mol. The Morgan fingerprint density at radius 2 is 2.24 bits per heavy atom. The maximum Gasteiger partial charge on any atom is 0.222 e. The van der Waals surface area contributed by atoms with Gasteiger partial charge in [0.15, 0.2) is 0 Å². The number of hydrogen-bond donors (Lipinski definition) is 0. The summed E-state index contributed by atoms with van der Waals surface area (Å²) in [7, 11) is 0. The van der Waals surface area contributed by atoms with E-state index in [1.165, 1.54) is 0 Å². The summed E-state index contributed by atoms with van der Waals surface area (Å²) < 4.78 is 12.0. The highest BCUT2D eigenvalue weighted by molar-refractivity contribution is 5.76. The Labute approximate surface area is 150 Å². The summed E-state index contributed by atoms with van der Waals surface area (Å²) in [5.41, 5.74) is -0.0487. The molecule has 3 rings (SSSR count). The van der Waals surface area contributed by atoms with Crippen molar-refractivity contribution in [2.45, 2.75) is 51.6 Å². The van der Waals surface area contributed by atoms with Gasteiger partial charge < -0.3 is 14.4 Å². The number of nitrogens with zero attached hydrogens (tertiary/aromatic N) is 2. The normalized spacial score (nSPS) is 22.5. The first-order valence-electron chi connectivity index (χ1n) is 9.53. The number of piperidine rings is 1. The molecular formula is C20H30N2O3. The lowest BCUT2D eigenvalue weighted by molar-refractivity contribution is -0.138. The monoisotopic (exact) mass is 346 g/mol. The van der Waals surface area contributed by atoms with Gasteiger partial charge in [0, 0.05) is 32.3 Å². The first-order valence-corrected chi connectivity index (χ1v) is 9.53. The third-order valence-electron chi connectivity index (χ3n) is 5.51. The molecule has 2 fully saturated rings. The molecule has 1 aromatic heterocycles. The minimum atomic E-state index is -0.0487. The van der Waals surface area contributed by atoms with Crippen molar-refractivity contribution in [3.8, 4) is 5.75 Å². The SMILES string of the molecule is CC(C)CC(=O)N1CCC2(CC1)OCC[C@@H]2CCOc1cccnc1. The van der Waals surface area contributed by atoms with Gasteiger partial charge in [0.2, 0.25) is 5.91 Å². The van der Waals surface area contributed by atoms with Crippen molar-refractivity contribution >= 4 is 5.91 Å². The fourth-order valence-corrected chi connectivity index (χ4v) is 4.11. The number of hydrogen-bond acceptors (Lipinski definition) is 4. The van der Waals surface area contributed by atoms with Crippen LogP contribution in [0, 0.1) is 11.8 Å². The molecule has 2 aliphatic rings. The van der Waals surface area contributed by atoms with Crippen molar-refractivity contribution in [2.75, 3.05) is 26.3 Å². The molecule has 2 aliphatic heterocycles. The van der Waals surface area contributed by atoms with Gasteiger partial charge in [-0.1, -0.05) is 13.8 Å². The number of carbonyl (C=O) groups is 1. The van der Waals surface area contributed by atoms with Gasteiger partial charge in [0.25, 0.3) is 0 Å². The van der Waals surface area contributed by atoms with Crippen LogP contribution >= 0.6 is 0 Å². The molecule has 5 nitrogen and oxygen atoms in total. The smallest absolute Gasteiger partial charge is 0.222 e. The molecule has 1 atom stereocenters. The molecule has 0 aliphatic carbocycles. The third-order valence-corrected chi connectivity index (χ3v) is 5.51. The molecule has 5 heteroatoms. The largest absolute Gasteiger partial charge is 0.492 e. The van der Waals surface area contributed by atoms with E-state index in [0.29, 0.717) is 30.8 Å². The van der Waals surface area contributed by atoms with Gasteiger partial charge >= 0.3 is 0 Å². The number of rotatable bonds is 6. The third kappa shape index (κ3) is 4.51. The second-order valence-corrected chi connectivity index (χ2v) is 7.70. The molecule has 1 amide bonds. The molecule has 0 bridgehead atoms. The van der Waals surface area contributed by atoms with E-state index in [9.17, 15) is 4.79 Å². The molecule has 0 aromatic carbocycles. The van der Waals surface area contributed by atoms with Crippen LogP contribution in [0.3, 0.4) is 0 Å². The number of amides is 1. The van der Waals surface area contributed by atoms with E-state index in [-0.39, 0.29) is 5.60 Å². The molecule has 2 saturated heterocycles. The standard InChI is InChI=1S/C20H30N2O3/c1-16(2)14-19(23)22-10-7-20(8-11-22)17(6-13-25-20)5-12-24-18-4-3-9-21-15-18/h3-4,9,15-17H,5-8,10-14H2,1-2H3/t17-/m0/s1. The lowest BCUT2D eigenvalue weighted by Crippen LogP contribution is -2.49. The summed E-state index contributed by atoms with van der Waals surface area (Å²) in [6.45, 7) is 7.37. The van der Waals surface area contributed by atoms with Crippen LogP contribution in [-0.2, 0) is 9.53 Å². The summed E-state index contributed by atoms with van der Waals surface area (Å²) in [5.74, 6) is 2.05. The summed E-state index contributed by atoms with van der Waals surface area (Å²) in [6, 6.07) is 3.83. The fourth-order valence-electron chi connectivity index (χ4n) is 4.11. The van der Waals surface area contributed by atoms with Gasteiger partial charge in [-0.25, -0.2) is 0 Å². The zero-order chi connectivity index (χ0) is 17.7. The van der Waals surface area contributed by atoms with Crippen molar-refractivity contribution in [3.63, 3.8) is 0 Å². The zero-order valence-electron chi connectivity index (χ0n) is 15.4. The van der Waals surface area contributed by atoms with Gasteiger partial charge in [0.1, 0.15) is 5.75 Å². The molecule has 0 N–H and O–H groups in total. The predicted molar refractivity (Wildman–Crippen MR) is 96.4 cm³/mol. The minimum Gasteiger partial charge on any atom is -0.492 e. The number of carbonyl (C=O) groups excluding carboxylic acids is 1. The number of likely N-dealkylation sites (tertiary alicyclic amines) is 1. The van der Waals surface area contributed by atoms with Crippen LogP contribution in [0.15, 0.2) is 24.5 Å². The number of pyridine rings is 1. The van der Waals surface area contributed by atoms with Crippen molar-refractivity contribution in [3.05, 3.63) is 24.5 Å². The predicted octanol–water partition coefficient (Wildman–Crippen LogP) is 3.29. The maximum atomic E-state index is 12.3. The van der Waals surface area contributed by atoms with Gasteiger partial charge in [-0.15, -0.1) is 0 Å². The van der Waals surface area contributed by atoms with Crippen LogP contribution in [-0.4, -0.2) is 47.7 Å². The lowest BCUT2D eigenvalue weighted by Gasteiger charge is -2.42. The highest BCUT2D eigenvalue weighted by Gasteiger charge is 2.46. The van der Waals surface area contributed by atoms with Crippen LogP contribution in [0.4, 0.5) is 0 Å². The zero-order valence-corrected chi connectivity index (χ0v) is 15.4. The van der Waals surface area contributed by atoms with Gasteiger partial charge in [-0.05, 0) is 49.7 Å². The van der Waals surface area contributed by atoms with E-state index in [2.05, 4.69) is 18.8 Å². The number of aromatic nitrogens is 1. The molecule has 0 radical (unpaired) electrons. The second-order valence-electron chi connectivity index (χ2n) is 7.70. The van der Waals surface area contributed by atoms with E-state index in [1.807, 2.05) is 17.0 Å². The van der Waals surface area contributed by atoms with Gasteiger partial charge in [0.05, 0.1) is 18.4 Å². The Morgan fingerprint density at radius 3 is 2.92 bits per heavy atom. The average Bonchev–Trinajstić information content (AvgIpc) is 2.98. The lowest BCUT2D eigenvalue weighted by atomic mass is 9.78. The quantitative estimate of drug-likeness (QED) is 0.793. The fraction of sp³-hybridized carbons (Fsp3) is 0.700. The molecule has 1 aromatic rings. The van der Waals surface area contributed by atoms with E-state index in [4.69, 9.17) is 9.47 Å². The Kier molecular flexibility index (Phi) is 5.94. The van der Waals surface area contributed by atoms with Crippen molar-refractivity contribution < 1.29 is 14.3 Å². The second kappa shape index (κ2) is 8.17. The van der Waals surface area contributed by atoms with Crippen LogP contribution in [0.2, 0.25) is 0 Å². The van der Waals surface area contributed by atoms with Crippen LogP contribution in [0.5, 0.6) is 5.75 Å². The Balaban J connectivity index is 1.49. The summed E-state index contributed by atoms with van der Waals surface area (Å²) in [6.07, 6.45) is 8.14.